The van der Waals surface area contributed by atoms with Gasteiger partial charge in [-0.1, -0.05) is 6.92 Å². The normalized spacial score (nSPS) is 24.3. The monoisotopic (exact) mass is 432 g/mol. The van der Waals surface area contributed by atoms with Gasteiger partial charge in [0.1, 0.15) is 0 Å². The summed E-state index contributed by atoms with van der Waals surface area (Å²) in [5.74, 6) is -1.06. The van der Waals surface area contributed by atoms with E-state index in [0.29, 0.717) is 50.4 Å². The fraction of sp³-hybridized carbons (Fsp3) is 0.789. The van der Waals surface area contributed by atoms with Crippen LogP contribution in [-0.4, -0.2) is 75.8 Å². The van der Waals surface area contributed by atoms with E-state index in [9.17, 15) is 18.3 Å². The van der Waals surface area contributed by atoms with Crippen LogP contribution in [0.4, 0.5) is 13.2 Å². The van der Waals surface area contributed by atoms with Gasteiger partial charge in [0.05, 0.1) is 21.9 Å². The number of halogens is 3. The maximum Gasteiger partial charge on any atom is 0.451 e. The zero-order valence-corrected chi connectivity index (χ0v) is 17.6. The number of aryl methyl sites for hydroxylation is 2. The number of hydrogen-bond acceptors (Lipinski definition) is 7. The summed E-state index contributed by atoms with van der Waals surface area (Å²) in [4.78, 5) is 10.5. The summed E-state index contributed by atoms with van der Waals surface area (Å²) in [6.07, 6.45) is -2.72. The number of β-amino-alcohol motifs (C(OH)–C–C–N with tert-alkyl or cyclic N) is 1. The van der Waals surface area contributed by atoms with E-state index in [1.807, 2.05) is 6.92 Å². The molecule has 10 heteroatoms. The van der Waals surface area contributed by atoms with E-state index in [1.54, 1.807) is 6.92 Å². The third-order valence-corrected chi connectivity index (χ3v) is 7.23. The Kier molecular flexibility index (Phi) is 5.61. The lowest BCUT2D eigenvalue weighted by Gasteiger charge is -2.61. The minimum Gasteiger partial charge on any atom is -0.388 e. The Balaban J connectivity index is 1.31. The van der Waals surface area contributed by atoms with Gasteiger partial charge in [-0.3, -0.25) is 4.90 Å². The van der Waals surface area contributed by atoms with Gasteiger partial charge in [0.15, 0.2) is 0 Å². The van der Waals surface area contributed by atoms with Gasteiger partial charge in [-0.25, -0.2) is 14.3 Å². The molecule has 0 amide bonds. The molecule has 3 fully saturated rings. The van der Waals surface area contributed by atoms with Crippen molar-refractivity contribution in [2.24, 2.45) is 5.41 Å². The quantitative estimate of drug-likeness (QED) is 0.718. The lowest BCUT2D eigenvalue weighted by Crippen LogP contribution is -2.72. The van der Waals surface area contributed by atoms with Crippen LogP contribution < -0.4 is 0 Å². The van der Waals surface area contributed by atoms with Gasteiger partial charge in [-0.2, -0.15) is 13.2 Å². The standard InChI is InChI=1S/C19H27F3N4O2S/c1-3-14-15(13(2)23-16(24-14)19(20,21)22)29-26-10-17(11-26)8-25(9-17)12-18(27)4-6-28-7-5-18/h27H,3-12H2,1-2H3. The summed E-state index contributed by atoms with van der Waals surface area (Å²) in [6, 6.07) is 0. The highest BCUT2D eigenvalue weighted by Crippen LogP contribution is 2.46. The first-order valence-electron chi connectivity index (χ1n) is 10.0. The van der Waals surface area contributed by atoms with E-state index < -0.39 is 17.6 Å². The number of aromatic nitrogens is 2. The molecule has 162 valence electrons. The number of ether oxygens (including phenoxy) is 1. The van der Waals surface area contributed by atoms with Crippen LogP contribution in [0.15, 0.2) is 4.90 Å². The minimum atomic E-state index is -4.53. The number of rotatable bonds is 5. The summed E-state index contributed by atoms with van der Waals surface area (Å²) in [7, 11) is 0. The van der Waals surface area contributed by atoms with Crippen LogP contribution in [0.1, 0.15) is 37.0 Å². The van der Waals surface area contributed by atoms with Crippen molar-refractivity contribution in [3.8, 4) is 0 Å². The Labute approximate surface area is 173 Å². The van der Waals surface area contributed by atoms with Gasteiger partial charge >= 0.3 is 6.18 Å². The lowest BCUT2D eigenvalue weighted by molar-refractivity contribution is -0.145. The van der Waals surface area contributed by atoms with Crippen molar-refractivity contribution in [1.29, 1.82) is 0 Å². The Bertz CT molecular complexity index is 757. The molecular weight excluding hydrogens is 405 g/mol. The first kappa shape index (κ1) is 21.3. The first-order valence-corrected chi connectivity index (χ1v) is 10.8. The SMILES string of the molecule is CCc1nc(C(F)(F)F)nc(C)c1SN1CC2(CN(CC3(O)CCOCC3)C2)C1. The Morgan fingerprint density at radius 3 is 2.38 bits per heavy atom. The molecule has 4 rings (SSSR count). The number of likely N-dealkylation sites (tertiary alicyclic amines) is 1. The smallest absolute Gasteiger partial charge is 0.388 e. The van der Waals surface area contributed by atoms with Crippen molar-refractivity contribution in [3.63, 3.8) is 0 Å². The second-order valence-electron chi connectivity index (χ2n) is 8.63. The highest BCUT2D eigenvalue weighted by atomic mass is 32.2. The molecule has 1 aromatic heterocycles. The average molecular weight is 433 g/mol. The van der Waals surface area contributed by atoms with Crippen LogP contribution in [0, 0.1) is 12.3 Å². The van der Waals surface area contributed by atoms with Gasteiger partial charge in [-0.15, -0.1) is 0 Å². The Morgan fingerprint density at radius 1 is 1.14 bits per heavy atom. The number of nitrogens with zero attached hydrogens (tertiary/aromatic N) is 4. The van der Waals surface area contributed by atoms with E-state index in [1.165, 1.54) is 11.9 Å². The molecule has 4 heterocycles. The number of hydrogen-bond donors (Lipinski definition) is 1. The highest BCUT2D eigenvalue weighted by Gasteiger charge is 2.53. The van der Waals surface area contributed by atoms with Gasteiger partial charge < -0.3 is 9.84 Å². The Morgan fingerprint density at radius 2 is 1.79 bits per heavy atom. The highest BCUT2D eigenvalue weighted by molar-refractivity contribution is 7.97. The van der Waals surface area contributed by atoms with Crippen LogP contribution in [0.3, 0.4) is 0 Å². The number of alkyl halides is 3. The topological polar surface area (TPSA) is 61.7 Å². The van der Waals surface area contributed by atoms with Crippen molar-refractivity contribution in [2.45, 2.75) is 49.8 Å². The molecule has 3 aliphatic heterocycles. The molecule has 3 saturated heterocycles. The average Bonchev–Trinajstić information content (AvgIpc) is 2.58. The van der Waals surface area contributed by atoms with Crippen LogP contribution in [0.2, 0.25) is 0 Å². The van der Waals surface area contributed by atoms with E-state index in [2.05, 4.69) is 19.2 Å². The van der Waals surface area contributed by atoms with Crippen LogP contribution in [0.25, 0.3) is 0 Å². The summed E-state index contributed by atoms with van der Waals surface area (Å²) < 4.78 is 46.4. The predicted octanol–water partition coefficient (Wildman–Crippen LogP) is 2.53. The zero-order valence-electron chi connectivity index (χ0n) is 16.8. The van der Waals surface area contributed by atoms with Crippen LogP contribution in [0.5, 0.6) is 0 Å². The molecule has 0 aliphatic carbocycles. The third kappa shape index (κ3) is 4.41. The minimum absolute atomic E-state index is 0.238. The van der Waals surface area contributed by atoms with Gasteiger partial charge in [-0.05, 0) is 25.3 Å². The maximum atomic E-state index is 13.0. The van der Waals surface area contributed by atoms with Gasteiger partial charge in [0.2, 0.25) is 5.82 Å². The molecule has 0 aromatic carbocycles. The molecular formula is C19H27F3N4O2S. The van der Waals surface area contributed by atoms with Crippen molar-refractivity contribution < 1.29 is 23.0 Å². The Hall–Kier alpha value is -0.940. The third-order valence-electron chi connectivity index (χ3n) is 6.00. The molecule has 29 heavy (non-hydrogen) atoms. The van der Waals surface area contributed by atoms with Gasteiger partial charge in [0, 0.05) is 64.2 Å². The lowest BCUT2D eigenvalue weighted by atomic mass is 9.73. The second-order valence-corrected chi connectivity index (χ2v) is 9.74. The van der Waals surface area contributed by atoms with E-state index in [4.69, 9.17) is 4.74 Å². The summed E-state index contributed by atoms with van der Waals surface area (Å²) in [5.41, 5.74) is 0.435. The molecule has 1 aromatic rings. The molecule has 0 radical (unpaired) electrons. The molecule has 0 unspecified atom stereocenters. The molecule has 0 atom stereocenters. The van der Waals surface area contributed by atoms with Crippen molar-refractivity contribution >= 4 is 11.9 Å². The maximum absolute atomic E-state index is 13.0. The van der Waals surface area contributed by atoms with Crippen molar-refractivity contribution in [1.82, 2.24) is 19.2 Å². The summed E-state index contributed by atoms with van der Waals surface area (Å²) >= 11 is 1.47. The fourth-order valence-corrected chi connectivity index (χ4v) is 5.95. The predicted molar refractivity (Wildman–Crippen MR) is 102 cm³/mol. The van der Waals surface area contributed by atoms with Crippen molar-refractivity contribution in [3.05, 3.63) is 17.2 Å². The molecule has 1 spiro atoms. The first-order chi connectivity index (χ1) is 13.6. The van der Waals surface area contributed by atoms with E-state index >= 15 is 0 Å². The summed E-state index contributed by atoms with van der Waals surface area (Å²) in [5, 5.41) is 10.7. The van der Waals surface area contributed by atoms with Crippen LogP contribution >= 0.6 is 11.9 Å². The fourth-order valence-electron chi connectivity index (χ4n) is 4.54. The van der Waals surface area contributed by atoms with E-state index in [0.717, 1.165) is 31.1 Å². The molecule has 0 bridgehead atoms. The molecule has 3 aliphatic rings. The largest absolute Gasteiger partial charge is 0.451 e. The summed E-state index contributed by atoms with van der Waals surface area (Å²) in [6.45, 7) is 9.05. The van der Waals surface area contributed by atoms with Crippen molar-refractivity contribution in [2.75, 3.05) is 45.9 Å². The van der Waals surface area contributed by atoms with E-state index in [-0.39, 0.29) is 5.41 Å². The number of aliphatic hydroxyl groups is 1. The molecule has 0 saturated carbocycles. The van der Waals surface area contributed by atoms with Gasteiger partial charge in [0.25, 0.3) is 0 Å². The molecule has 1 N–H and O–H groups in total. The zero-order chi connectivity index (χ0) is 20.9. The molecule has 6 nitrogen and oxygen atoms in total. The second kappa shape index (κ2) is 7.64. The van der Waals surface area contributed by atoms with Crippen LogP contribution in [-0.2, 0) is 17.3 Å².